The monoisotopic (exact) mass is 350 g/mol. The lowest BCUT2D eigenvalue weighted by molar-refractivity contribution is -0.384. The molecule has 7 nitrogen and oxygen atoms in total. The van der Waals surface area contributed by atoms with E-state index in [1.54, 1.807) is 6.92 Å². The maximum absolute atomic E-state index is 13.2. The van der Waals surface area contributed by atoms with Gasteiger partial charge in [-0.1, -0.05) is 0 Å². The Balaban J connectivity index is 2.37. The van der Waals surface area contributed by atoms with Crippen molar-refractivity contribution in [3.8, 4) is 0 Å². The third kappa shape index (κ3) is 4.56. The number of ether oxygens (including phenoxy) is 1. The number of benzene rings is 2. The van der Waals surface area contributed by atoms with E-state index >= 15 is 0 Å². The van der Waals surface area contributed by atoms with Gasteiger partial charge in [0.2, 0.25) is 0 Å². The number of amides is 1. The molecule has 0 aliphatic heterocycles. The largest absolute Gasteiger partial charge is 0.462 e. The standard InChI is InChI=1S/C16H12F2N2O5/c1-2-25-16(22)10-3-9(4-14(5-10)20(23)24)15(21)19-13-7-11(17)6-12(18)8-13/h3-8H,2H2,1H3,(H,19,21). The van der Waals surface area contributed by atoms with Crippen molar-refractivity contribution in [1.29, 1.82) is 0 Å². The molecular weight excluding hydrogens is 338 g/mol. The van der Waals surface area contributed by atoms with Gasteiger partial charge in [-0.15, -0.1) is 0 Å². The maximum Gasteiger partial charge on any atom is 0.338 e. The highest BCUT2D eigenvalue weighted by molar-refractivity contribution is 6.06. The van der Waals surface area contributed by atoms with Crippen LogP contribution < -0.4 is 5.32 Å². The SMILES string of the molecule is CCOC(=O)c1cc(C(=O)Nc2cc(F)cc(F)c2)cc([N+](=O)[O-])c1. The van der Waals surface area contributed by atoms with E-state index in [4.69, 9.17) is 4.74 Å². The van der Waals surface area contributed by atoms with Crippen LogP contribution in [0.15, 0.2) is 36.4 Å². The van der Waals surface area contributed by atoms with Crippen molar-refractivity contribution in [2.45, 2.75) is 6.92 Å². The van der Waals surface area contributed by atoms with Crippen molar-refractivity contribution >= 4 is 23.3 Å². The third-order valence-corrected chi connectivity index (χ3v) is 3.02. The molecule has 0 aliphatic carbocycles. The number of esters is 1. The summed E-state index contributed by atoms with van der Waals surface area (Å²) in [6.45, 7) is 1.60. The number of hydrogen-bond acceptors (Lipinski definition) is 5. The molecule has 0 saturated heterocycles. The Kier molecular flexibility index (Phi) is 5.38. The Morgan fingerprint density at radius 1 is 1.08 bits per heavy atom. The summed E-state index contributed by atoms with van der Waals surface area (Å²) in [7, 11) is 0. The zero-order valence-corrected chi connectivity index (χ0v) is 12.9. The third-order valence-electron chi connectivity index (χ3n) is 3.02. The van der Waals surface area contributed by atoms with Crippen LogP contribution >= 0.6 is 0 Å². The number of rotatable bonds is 5. The van der Waals surface area contributed by atoms with Crippen LogP contribution in [0.4, 0.5) is 20.2 Å². The number of anilines is 1. The van der Waals surface area contributed by atoms with Crippen molar-refractivity contribution in [1.82, 2.24) is 0 Å². The lowest BCUT2D eigenvalue weighted by Gasteiger charge is -2.08. The quantitative estimate of drug-likeness (QED) is 0.507. The second-order valence-corrected chi connectivity index (χ2v) is 4.86. The fourth-order valence-electron chi connectivity index (χ4n) is 2.01. The van der Waals surface area contributed by atoms with Gasteiger partial charge in [0, 0.05) is 29.4 Å². The van der Waals surface area contributed by atoms with E-state index < -0.39 is 34.1 Å². The minimum Gasteiger partial charge on any atom is -0.462 e. The zero-order chi connectivity index (χ0) is 18.6. The smallest absolute Gasteiger partial charge is 0.338 e. The highest BCUT2D eigenvalue weighted by Gasteiger charge is 2.19. The van der Waals surface area contributed by atoms with E-state index in [2.05, 4.69) is 5.32 Å². The lowest BCUT2D eigenvalue weighted by Crippen LogP contribution is -2.14. The predicted molar refractivity (Wildman–Crippen MR) is 83.4 cm³/mol. The summed E-state index contributed by atoms with van der Waals surface area (Å²) in [5.74, 6) is -3.51. The van der Waals surface area contributed by atoms with Gasteiger partial charge in [0.25, 0.3) is 11.6 Å². The minimum atomic E-state index is -0.901. The van der Waals surface area contributed by atoms with E-state index in [-0.39, 0.29) is 23.4 Å². The van der Waals surface area contributed by atoms with Crippen molar-refractivity contribution in [2.24, 2.45) is 0 Å². The van der Waals surface area contributed by atoms with Crippen LogP contribution in [0.2, 0.25) is 0 Å². The Bertz CT molecular complexity index is 834. The molecule has 2 aromatic carbocycles. The van der Waals surface area contributed by atoms with Gasteiger partial charge in [0.15, 0.2) is 0 Å². The first-order chi connectivity index (χ1) is 11.8. The Morgan fingerprint density at radius 2 is 1.68 bits per heavy atom. The molecule has 0 aromatic heterocycles. The summed E-state index contributed by atoms with van der Waals surface area (Å²) < 4.78 is 31.1. The molecule has 9 heteroatoms. The number of nitrogens with one attached hydrogen (secondary N) is 1. The molecule has 0 spiro atoms. The summed E-state index contributed by atoms with van der Waals surface area (Å²) in [6.07, 6.45) is 0. The predicted octanol–water partition coefficient (Wildman–Crippen LogP) is 3.30. The summed E-state index contributed by atoms with van der Waals surface area (Å²) in [5.41, 5.74) is -1.10. The number of hydrogen-bond donors (Lipinski definition) is 1. The van der Waals surface area contributed by atoms with Gasteiger partial charge in [-0.2, -0.15) is 0 Å². The number of nitro groups is 1. The Labute approximate surface area is 140 Å². The molecule has 0 radical (unpaired) electrons. The van der Waals surface area contributed by atoms with Gasteiger partial charge >= 0.3 is 5.97 Å². The summed E-state index contributed by atoms with van der Waals surface area (Å²) in [5, 5.41) is 13.2. The molecule has 0 unspecified atom stereocenters. The highest BCUT2D eigenvalue weighted by atomic mass is 19.1. The van der Waals surface area contributed by atoms with E-state index in [9.17, 15) is 28.5 Å². The topological polar surface area (TPSA) is 98.5 Å². The number of nitrogens with zero attached hydrogens (tertiary/aromatic N) is 1. The number of carbonyl (C=O) groups is 2. The molecule has 0 fully saturated rings. The second kappa shape index (κ2) is 7.47. The molecule has 1 amide bonds. The first-order valence-corrected chi connectivity index (χ1v) is 7.04. The van der Waals surface area contributed by atoms with E-state index in [1.807, 2.05) is 0 Å². The molecule has 0 aliphatic rings. The van der Waals surface area contributed by atoms with E-state index in [0.29, 0.717) is 6.07 Å². The van der Waals surface area contributed by atoms with Crippen LogP contribution in [0.3, 0.4) is 0 Å². The van der Waals surface area contributed by atoms with Crippen molar-refractivity contribution in [2.75, 3.05) is 11.9 Å². The molecule has 2 rings (SSSR count). The molecule has 0 heterocycles. The number of carbonyl (C=O) groups excluding carboxylic acids is 2. The number of nitro benzene ring substituents is 1. The van der Waals surface area contributed by atoms with Crippen molar-refractivity contribution in [3.63, 3.8) is 0 Å². The molecule has 0 atom stereocenters. The van der Waals surface area contributed by atoms with Gasteiger partial charge in [0.1, 0.15) is 11.6 Å². The van der Waals surface area contributed by atoms with Crippen LogP contribution in [-0.2, 0) is 4.74 Å². The van der Waals surface area contributed by atoms with Gasteiger partial charge in [-0.25, -0.2) is 13.6 Å². The van der Waals surface area contributed by atoms with Crippen LogP contribution in [0.1, 0.15) is 27.6 Å². The van der Waals surface area contributed by atoms with E-state index in [0.717, 1.165) is 30.3 Å². The minimum absolute atomic E-state index is 0.0472. The fraction of sp³-hybridized carbons (Fsp3) is 0.125. The molecule has 0 bridgehead atoms. The molecule has 2 aromatic rings. The van der Waals surface area contributed by atoms with Crippen LogP contribution in [0, 0.1) is 21.7 Å². The molecule has 1 N–H and O–H groups in total. The zero-order valence-electron chi connectivity index (χ0n) is 12.9. The number of non-ortho nitro benzene ring substituents is 1. The molecule has 0 saturated carbocycles. The van der Waals surface area contributed by atoms with Crippen LogP contribution in [0.25, 0.3) is 0 Å². The van der Waals surface area contributed by atoms with Crippen LogP contribution in [-0.4, -0.2) is 23.4 Å². The Hall–Kier alpha value is -3.36. The molecule has 130 valence electrons. The maximum atomic E-state index is 13.2. The summed E-state index contributed by atoms with van der Waals surface area (Å²) in [6, 6.07) is 5.39. The Morgan fingerprint density at radius 3 is 2.24 bits per heavy atom. The van der Waals surface area contributed by atoms with Gasteiger partial charge in [0.05, 0.1) is 17.1 Å². The molecular formula is C16H12F2N2O5. The average molecular weight is 350 g/mol. The van der Waals surface area contributed by atoms with Gasteiger partial charge in [-0.3, -0.25) is 14.9 Å². The van der Waals surface area contributed by atoms with Crippen LogP contribution in [0.5, 0.6) is 0 Å². The number of halogens is 2. The first kappa shape index (κ1) is 18.0. The molecule has 25 heavy (non-hydrogen) atoms. The lowest BCUT2D eigenvalue weighted by atomic mass is 10.1. The van der Waals surface area contributed by atoms with E-state index in [1.165, 1.54) is 0 Å². The first-order valence-electron chi connectivity index (χ1n) is 7.04. The van der Waals surface area contributed by atoms with Gasteiger partial charge in [-0.05, 0) is 25.1 Å². The van der Waals surface area contributed by atoms with Gasteiger partial charge < -0.3 is 10.1 Å². The summed E-state index contributed by atoms with van der Waals surface area (Å²) in [4.78, 5) is 34.2. The highest BCUT2D eigenvalue weighted by Crippen LogP contribution is 2.20. The summed E-state index contributed by atoms with van der Waals surface area (Å²) >= 11 is 0. The second-order valence-electron chi connectivity index (χ2n) is 4.86. The van der Waals surface area contributed by atoms with Crippen molar-refractivity contribution < 1.29 is 28.0 Å². The van der Waals surface area contributed by atoms with Crippen molar-refractivity contribution in [3.05, 3.63) is 69.3 Å². The normalized spacial score (nSPS) is 10.2. The average Bonchev–Trinajstić information content (AvgIpc) is 2.53. The fourth-order valence-corrected chi connectivity index (χ4v) is 2.01.